The summed E-state index contributed by atoms with van der Waals surface area (Å²) in [6, 6.07) is 15.5. The maximum atomic E-state index is 13.2. The average molecular weight is 574 g/mol. The Labute approximate surface area is 228 Å². The van der Waals surface area contributed by atoms with Gasteiger partial charge in [0.15, 0.2) is 5.75 Å². The zero-order valence-electron chi connectivity index (χ0n) is 20.1. The average Bonchev–Trinajstić information content (AvgIpc) is 2.87. The topological polar surface area (TPSA) is 138 Å². The van der Waals surface area contributed by atoms with E-state index < -0.39 is 21.8 Å². The Balaban J connectivity index is 1.81. The molecular weight excluding hydrogens is 553 g/mol. The van der Waals surface area contributed by atoms with Crippen molar-refractivity contribution in [1.29, 1.82) is 0 Å². The molecule has 4 aromatic rings. The first kappa shape index (κ1) is 27.3. The van der Waals surface area contributed by atoms with Crippen molar-refractivity contribution in [2.75, 3.05) is 12.4 Å². The van der Waals surface area contributed by atoms with Crippen LogP contribution >= 0.6 is 23.2 Å². The minimum atomic E-state index is -4.55. The standard InChI is InChI=1S/C26H21Cl2N3O6S/c1-3-14-9-21(28)22(13-23(14)38(34,35)36)30-31-24-19-7-5-4-6-15(19)8-20(25(24)32)26(33)29-17-10-16(27)11-18(12-17)37-2/h4-13,32H,3H2,1-2H3,(H,29,33)(H,34,35,36). The van der Waals surface area contributed by atoms with Crippen LogP contribution in [-0.2, 0) is 16.5 Å². The lowest BCUT2D eigenvalue weighted by Gasteiger charge is -2.12. The molecule has 4 aromatic carbocycles. The zero-order chi connectivity index (χ0) is 27.6. The number of aromatic hydroxyl groups is 1. The predicted molar refractivity (Wildman–Crippen MR) is 146 cm³/mol. The number of benzene rings is 4. The lowest BCUT2D eigenvalue weighted by Crippen LogP contribution is -2.12. The fourth-order valence-corrected chi connectivity index (χ4v) is 5.07. The van der Waals surface area contributed by atoms with Crippen LogP contribution in [-0.4, -0.2) is 31.1 Å². The van der Waals surface area contributed by atoms with E-state index in [0.29, 0.717) is 39.2 Å². The molecule has 1 amide bonds. The number of carbonyl (C=O) groups excluding carboxylic acids is 1. The Morgan fingerprint density at radius 1 is 1.05 bits per heavy atom. The normalized spacial score (nSPS) is 11.7. The van der Waals surface area contributed by atoms with Crippen LogP contribution in [0.1, 0.15) is 22.8 Å². The Morgan fingerprint density at radius 2 is 1.79 bits per heavy atom. The first-order valence-electron chi connectivity index (χ1n) is 11.1. The SMILES string of the molecule is CCc1cc(Cl)c(N=Nc2c(O)c(C(=O)Nc3cc(Cl)cc(OC)c3)cc3ccccc23)cc1S(=O)(=O)O. The van der Waals surface area contributed by atoms with Crippen LogP contribution in [0.5, 0.6) is 11.5 Å². The number of halogens is 2. The van der Waals surface area contributed by atoms with E-state index in [9.17, 15) is 22.9 Å². The monoisotopic (exact) mass is 573 g/mol. The molecule has 0 atom stereocenters. The van der Waals surface area contributed by atoms with Gasteiger partial charge < -0.3 is 15.2 Å². The summed E-state index contributed by atoms with van der Waals surface area (Å²) in [4.78, 5) is 12.8. The molecule has 0 unspecified atom stereocenters. The molecule has 0 radical (unpaired) electrons. The molecule has 12 heteroatoms. The molecule has 0 aliphatic carbocycles. The Kier molecular flexibility index (Phi) is 7.89. The van der Waals surface area contributed by atoms with Crippen LogP contribution in [0.15, 0.2) is 75.8 Å². The van der Waals surface area contributed by atoms with E-state index in [4.69, 9.17) is 27.9 Å². The molecule has 38 heavy (non-hydrogen) atoms. The number of amides is 1. The molecule has 4 rings (SSSR count). The maximum Gasteiger partial charge on any atom is 0.294 e. The third-order valence-corrected chi connectivity index (χ3v) is 7.11. The maximum absolute atomic E-state index is 13.2. The molecule has 196 valence electrons. The number of methoxy groups -OCH3 is 1. The van der Waals surface area contributed by atoms with Crippen molar-refractivity contribution < 1.29 is 27.6 Å². The van der Waals surface area contributed by atoms with Gasteiger partial charge in [-0.25, -0.2) is 0 Å². The number of aryl methyl sites for hydroxylation is 1. The van der Waals surface area contributed by atoms with Gasteiger partial charge in [0.25, 0.3) is 16.0 Å². The number of phenolic OH excluding ortho intramolecular Hbond substituents is 1. The number of rotatable bonds is 7. The molecule has 0 aliphatic heterocycles. The van der Waals surface area contributed by atoms with Gasteiger partial charge in [-0.15, -0.1) is 10.2 Å². The van der Waals surface area contributed by atoms with Crippen molar-refractivity contribution in [1.82, 2.24) is 0 Å². The van der Waals surface area contributed by atoms with Gasteiger partial charge in [0, 0.05) is 22.2 Å². The third kappa shape index (κ3) is 5.73. The van der Waals surface area contributed by atoms with Gasteiger partial charge in [0.05, 0.1) is 22.6 Å². The second kappa shape index (κ2) is 11.0. The lowest BCUT2D eigenvalue weighted by molar-refractivity contribution is 0.102. The summed E-state index contributed by atoms with van der Waals surface area (Å²) in [5.74, 6) is -0.677. The molecule has 0 spiro atoms. The summed E-state index contributed by atoms with van der Waals surface area (Å²) >= 11 is 12.4. The van der Waals surface area contributed by atoms with Gasteiger partial charge in [0.2, 0.25) is 0 Å². The number of hydrogen-bond acceptors (Lipinski definition) is 7. The summed E-state index contributed by atoms with van der Waals surface area (Å²) in [5.41, 5.74) is 0.459. The first-order valence-corrected chi connectivity index (χ1v) is 13.3. The fraction of sp³-hybridized carbons (Fsp3) is 0.115. The second-order valence-corrected chi connectivity index (χ2v) is 10.3. The first-order chi connectivity index (χ1) is 18.0. The molecule has 9 nitrogen and oxygen atoms in total. The summed E-state index contributed by atoms with van der Waals surface area (Å²) in [6.07, 6.45) is 0.299. The van der Waals surface area contributed by atoms with Crippen molar-refractivity contribution >= 4 is 67.1 Å². The van der Waals surface area contributed by atoms with Gasteiger partial charge >= 0.3 is 0 Å². The summed E-state index contributed by atoms with van der Waals surface area (Å²) in [6.45, 7) is 1.71. The van der Waals surface area contributed by atoms with E-state index in [0.717, 1.165) is 6.07 Å². The van der Waals surface area contributed by atoms with Crippen molar-refractivity contribution in [3.63, 3.8) is 0 Å². The molecule has 0 bridgehead atoms. The number of ether oxygens (including phenoxy) is 1. The number of phenols is 1. The fourth-order valence-electron chi connectivity index (χ4n) is 3.82. The highest BCUT2D eigenvalue weighted by molar-refractivity contribution is 7.85. The molecule has 0 aliphatic rings. The number of fused-ring (bicyclic) bond motifs is 1. The van der Waals surface area contributed by atoms with Gasteiger partial charge in [-0.05, 0) is 47.7 Å². The summed E-state index contributed by atoms with van der Waals surface area (Å²) < 4.78 is 38.5. The molecule has 0 fully saturated rings. The number of nitrogens with zero attached hydrogens (tertiary/aromatic N) is 2. The minimum absolute atomic E-state index is 0.0408. The van der Waals surface area contributed by atoms with Crippen LogP contribution < -0.4 is 10.1 Å². The summed E-state index contributed by atoms with van der Waals surface area (Å²) in [7, 11) is -3.08. The van der Waals surface area contributed by atoms with E-state index in [1.165, 1.54) is 25.3 Å². The van der Waals surface area contributed by atoms with Crippen LogP contribution in [0.25, 0.3) is 10.8 Å². The number of hydrogen-bond donors (Lipinski definition) is 3. The molecular formula is C26H21Cl2N3O6S. The van der Waals surface area contributed by atoms with Crippen molar-refractivity contribution in [3.8, 4) is 11.5 Å². The number of carbonyl (C=O) groups is 1. The molecule has 0 saturated heterocycles. The van der Waals surface area contributed by atoms with Crippen molar-refractivity contribution in [3.05, 3.63) is 81.8 Å². The Hall–Kier alpha value is -3.70. The highest BCUT2D eigenvalue weighted by atomic mass is 35.5. The van der Waals surface area contributed by atoms with Gasteiger partial charge in [-0.3, -0.25) is 9.35 Å². The number of anilines is 1. The predicted octanol–water partition coefficient (Wildman–Crippen LogP) is 7.34. The Morgan fingerprint density at radius 3 is 2.47 bits per heavy atom. The molecule has 0 heterocycles. The van der Waals surface area contributed by atoms with Gasteiger partial charge in [0.1, 0.15) is 17.1 Å². The van der Waals surface area contributed by atoms with Crippen LogP contribution in [0.3, 0.4) is 0 Å². The Bertz CT molecular complexity index is 1710. The van der Waals surface area contributed by atoms with Gasteiger partial charge in [-0.2, -0.15) is 8.42 Å². The van der Waals surface area contributed by atoms with Crippen molar-refractivity contribution in [2.24, 2.45) is 10.2 Å². The van der Waals surface area contributed by atoms with E-state index in [1.807, 2.05) is 0 Å². The highest BCUT2D eigenvalue weighted by Crippen LogP contribution is 2.41. The summed E-state index contributed by atoms with van der Waals surface area (Å²) in [5, 5.41) is 23.4. The molecule has 3 N–H and O–H groups in total. The van der Waals surface area contributed by atoms with Gasteiger partial charge in [-0.1, -0.05) is 54.4 Å². The number of azo groups is 1. The minimum Gasteiger partial charge on any atom is -0.505 e. The van der Waals surface area contributed by atoms with E-state index in [-0.39, 0.29) is 26.9 Å². The lowest BCUT2D eigenvalue weighted by atomic mass is 10.0. The smallest absolute Gasteiger partial charge is 0.294 e. The molecule has 0 aromatic heterocycles. The largest absolute Gasteiger partial charge is 0.505 e. The van der Waals surface area contributed by atoms with Crippen LogP contribution in [0.2, 0.25) is 10.0 Å². The molecule has 0 saturated carbocycles. The number of nitrogens with one attached hydrogen (secondary N) is 1. The highest BCUT2D eigenvalue weighted by Gasteiger charge is 2.20. The zero-order valence-corrected chi connectivity index (χ0v) is 22.4. The van der Waals surface area contributed by atoms with Crippen molar-refractivity contribution in [2.45, 2.75) is 18.2 Å². The van der Waals surface area contributed by atoms with Crippen LogP contribution in [0.4, 0.5) is 17.1 Å². The van der Waals surface area contributed by atoms with Crippen LogP contribution in [0, 0.1) is 0 Å². The quantitative estimate of drug-likeness (QED) is 0.156. The second-order valence-electron chi connectivity index (χ2n) is 8.12. The third-order valence-electron chi connectivity index (χ3n) is 5.65. The van der Waals surface area contributed by atoms with E-state index in [2.05, 4.69) is 15.5 Å². The van der Waals surface area contributed by atoms with E-state index in [1.54, 1.807) is 43.3 Å². The van der Waals surface area contributed by atoms with E-state index >= 15 is 0 Å².